The molecule has 0 spiro atoms. The van der Waals surface area contributed by atoms with Crippen molar-refractivity contribution in [3.05, 3.63) is 57.6 Å². The second-order valence-electron chi connectivity index (χ2n) is 5.67. The third-order valence-corrected chi connectivity index (χ3v) is 3.86. The van der Waals surface area contributed by atoms with E-state index in [0.717, 1.165) is 5.56 Å². The largest absolute Gasteiger partial charge is 0.489 e. The molecule has 1 atom stereocenters. The molecule has 0 radical (unpaired) electrons. The van der Waals surface area contributed by atoms with Gasteiger partial charge in [0.25, 0.3) is 5.69 Å². The number of nitrogens with zero attached hydrogens (tertiary/aromatic N) is 1. The van der Waals surface area contributed by atoms with Crippen molar-refractivity contribution < 1.29 is 29.0 Å². The van der Waals surface area contributed by atoms with E-state index in [2.05, 4.69) is 0 Å². The van der Waals surface area contributed by atoms with Gasteiger partial charge in [0, 0.05) is 0 Å². The first-order valence-corrected chi connectivity index (χ1v) is 7.71. The van der Waals surface area contributed by atoms with Gasteiger partial charge in [-0.25, -0.2) is 0 Å². The SMILES string of the molecule is N[C@@H](Cc1ccc(OCc2cc3c(cc2[N+](=O)[O-])OCO3)cc1)C(=O)O. The molecule has 26 heavy (non-hydrogen) atoms. The smallest absolute Gasteiger partial charge is 0.320 e. The summed E-state index contributed by atoms with van der Waals surface area (Å²) in [5.41, 5.74) is 6.49. The molecule has 0 unspecified atom stereocenters. The Balaban J connectivity index is 1.69. The van der Waals surface area contributed by atoms with Crippen molar-refractivity contribution in [3.63, 3.8) is 0 Å². The lowest BCUT2D eigenvalue weighted by Gasteiger charge is -2.10. The standard InChI is InChI=1S/C17H16N2O7/c18-13(17(20)21)5-10-1-3-12(4-2-10)24-8-11-6-15-16(26-9-25-15)7-14(11)19(22)23/h1-4,6-7,13H,5,8-9,18H2,(H,20,21)/t13-/m0/s1. The van der Waals surface area contributed by atoms with Crippen LogP contribution in [0.1, 0.15) is 11.1 Å². The second kappa shape index (κ2) is 7.28. The molecule has 0 aromatic heterocycles. The van der Waals surface area contributed by atoms with E-state index in [4.69, 9.17) is 25.1 Å². The van der Waals surface area contributed by atoms with E-state index in [1.165, 1.54) is 12.1 Å². The second-order valence-corrected chi connectivity index (χ2v) is 5.67. The first kappa shape index (κ1) is 17.5. The Hall–Kier alpha value is -3.33. The van der Waals surface area contributed by atoms with Crippen molar-refractivity contribution in [3.8, 4) is 17.2 Å². The highest BCUT2D eigenvalue weighted by molar-refractivity contribution is 5.73. The summed E-state index contributed by atoms with van der Waals surface area (Å²) < 4.78 is 16.0. The van der Waals surface area contributed by atoms with Crippen molar-refractivity contribution in [1.29, 1.82) is 0 Å². The van der Waals surface area contributed by atoms with E-state index in [9.17, 15) is 14.9 Å². The first-order valence-electron chi connectivity index (χ1n) is 7.71. The Bertz CT molecular complexity index is 836. The summed E-state index contributed by atoms with van der Waals surface area (Å²) in [5.74, 6) is 0.192. The predicted molar refractivity (Wildman–Crippen MR) is 89.3 cm³/mol. The number of nitro groups is 1. The van der Waals surface area contributed by atoms with Crippen LogP contribution in [-0.4, -0.2) is 28.8 Å². The normalized spacial score (nSPS) is 13.3. The maximum Gasteiger partial charge on any atom is 0.320 e. The molecule has 2 aromatic carbocycles. The molecule has 0 aliphatic carbocycles. The van der Waals surface area contributed by atoms with Crippen LogP contribution >= 0.6 is 0 Å². The van der Waals surface area contributed by atoms with Gasteiger partial charge in [-0.1, -0.05) is 12.1 Å². The number of carboxylic acid groups (broad SMARTS) is 1. The van der Waals surface area contributed by atoms with Crippen molar-refractivity contribution in [2.75, 3.05) is 6.79 Å². The summed E-state index contributed by atoms with van der Waals surface area (Å²) in [6, 6.07) is 8.58. The average molecular weight is 360 g/mol. The fraction of sp³-hybridized carbons (Fsp3) is 0.235. The molecule has 1 aliphatic heterocycles. The Kier molecular flexibility index (Phi) is 4.90. The molecule has 9 heteroatoms. The summed E-state index contributed by atoms with van der Waals surface area (Å²) in [6.07, 6.45) is 0.198. The maximum atomic E-state index is 11.2. The molecule has 1 heterocycles. The van der Waals surface area contributed by atoms with Crippen LogP contribution in [0.15, 0.2) is 36.4 Å². The Morgan fingerprint density at radius 2 is 1.92 bits per heavy atom. The third kappa shape index (κ3) is 3.83. The van der Waals surface area contributed by atoms with Gasteiger partial charge in [0.05, 0.1) is 16.6 Å². The summed E-state index contributed by atoms with van der Waals surface area (Å²) >= 11 is 0. The topological polar surface area (TPSA) is 134 Å². The van der Waals surface area contributed by atoms with E-state index in [1.807, 2.05) is 0 Å². The van der Waals surface area contributed by atoms with E-state index >= 15 is 0 Å². The van der Waals surface area contributed by atoms with Gasteiger partial charge in [-0.05, 0) is 30.2 Å². The fourth-order valence-corrected chi connectivity index (χ4v) is 2.48. The molecule has 0 bridgehead atoms. The number of carboxylic acids is 1. The predicted octanol–water partition coefficient (Wildman–Crippen LogP) is 1.86. The van der Waals surface area contributed by atoms with Gasteiger partial charge >= 0.3 is 5.97 Å². The van der Waals surface area contributed by atoms with Crippen LogP contribution in [0.2, 0.25) is 0 Å². The number of aliphatic carboxylic acids is 1. The molecule has 0 fully saturated rings. The van der Waals surface area contributed by atoms with Gasteiger partial charge in [-0.2, -0.15) is 0 Å². The Morgan fingerprint density at radius 1 is 1.27 bits per heavy atom. The number of benzene rings is 2. The maximum absolute atomic E-state index is 11.2. The highest BCUT2D eigenvalue weighted by Crippen LogP contribution is 2.38. The van der Waals surface area contributed by atoms with Crippen LogP contribution < -0.4 is 19.9 Å². The molecule has 0 saturated carbocycles. The number of carbonyl (C=O) groups is 1. The average Bonchev–Trinajstić information content (AvgIpc) is 3.07. The number of nitrogens with two attached hydrogens (primary N) is 1. The molecule has 136 valence electrons. The lowest BCUT2D eigenvalue weighted by atomic mass is 10.1. The van der Waals surface area contributed by atoms with E-state index in [1.54, 1.807) is 24.3 Å². The van der Waals surface area contributed by atoms with Gasteiger partial charge in [-0.3, -0.25) is 14.9 Å². The fourth-order valence-electron chi connectivity index (χ4n) is 2.48. The number of hydrogen-bond donors (Lipinski definition) is 2. The minimum Gasteiger partial charge on any atom is -0.489 e. The number of rotatable bonds is 7. The number of nitro benzene ring substituents is 1. The van der Waals surface area contributed by atoms with Crippen molar-refractivity contribution >= 4 is 11.7 Å². The van der Waals surface area contributed by atoms with E-state index < -0.39 is 16.9 Å². The Labute approximate surface area is 148 Å². The summed E-state index contributed by atoms with van der Waals surface area (Å²) in [7, 11) is 0. The lowest BCUT2D eigenvalue weighted by molar-refractivity contribution is -0.385. The van der Waals surface area contributed by atoms with Gasteiger partial charge in [-0.15, -0.1) is 0 Å². The molecule has 3 N–H and O–H groups in total. The van der Waals surface area contributed by atoms with Gasteiger partial charge in [0.15, 0.2) is 11.5 Å². The zero-order valence-corrected chi connectivity index (χ0v) is 13.6. The summed E-state index contributed by atoms with van der Waals surface area (Å²) in [6.45, 7) is -0.00230. The van der Waals surface area contributed by atoms with Gasteiger partial charge < -0.3 is 25.1 Å². The van der Waals surface area contributed by atoms with Gasteiger partial charge in [0.1, 0.15) is 18.4 Å². The molecular formula is C17H16N2O7. The summed E-state index contributed by atoms with van der Waals surface area (Å²) in [4.78, 5) is 21.5. The third-order valence-electron chi connectivity index (χ3n) is 3.86. The van der Waals surface area contributed by atoms with Crippen LogP contribution in [0, 0.1) is 10.1 Å². The van der Waals surface area contributed by atoms with Crippen LogP contribution in [0.5, 0.6) is 17.2 Å². The van der Waals surface area contributed by atoms with Crippen LogP contribution in [0.4, 0.5) is 5.69 Å². The highest BCUT2D eigenvalue weighted by atomic mass is 16.7. The number of fused-ring (bicyclic) bond motifs is 1. The van der Waals surface area contributed by atoms with E-state index in [0.29, 0.717) is 22.8 Å². The molecule has 9 nitrogen and oxygen atoms in total. The zero-order valence-electron chi connectivity index (χ0n) is 13.6. The number of ether oxygens (including phenoxy) is 3. The quantitative estimate of drug-likeness (QED) is 0.564. The Morgan fingerprint density at radius 3 is 2.54 bits per heavy atom. The van der Waals surface area contributed by atoms with Crippen LogP contribution in [0.3, 0.4) is 0 Å². The minimum atomic E-state index is -1.07. The molecule has 1 aliphatic rings. The molecule has 2 aromatic rings. The zero-order chi connectivity index (χ0) is 18.7. The molecule has 0 amide bonds. The highest BCUT2D eigenvalue weighted by Gasteiger charge is 2.23. The number of hydrogen-bond acceptors (Lipinski definition) is 7. The van der Waals surface area contributed by atoms with E-state index in [-0.39, 0.29) is 25.5 Å². The monoisotopic (exact) mass is 360 g/mol. The van der Waals surface area contributed by atoms with Gasteiger partial charge in [0.2, 0.25) is 6.79 Å². The molecule has 3 rings (SSSR count). The molecular weight excluding hydrogens is 344 g/mol. The molecule has 0 saturated heterocycles. The first-order chi connectivity index (χ1) is 12.4. The van der Waals surface area contributed by atoms with Crippen molar-refractivity contribution in [1.82, 2.24) is 0 Å². The lowest BCUT2D eigenvalue weighted by Crippen LogP contribution is -2.32. The van der Waals surface area contributed by atoms with Crippen molar-refractivity contribution in [2.45, 2.75) is 19.1 Å². The minimum absolute atomic E-state index is 0.0245. The van der Waals surface area contributed by atoms with Crippen LogP contribution in [-0.2, 0) is 17.8 Å². The summed E-state index contributed by atoms with van der Waals surface area (Å²) in [5, 5.41) is 20.1. The van der Waals surface area contributed by atoms with Crippen molar-refractivity contribution in [2.24, 2.45) is 5.73 Å². The van der Waals surface area contributed by atoms with Crippen LogP contribution in [0.25, 0.3) is 0 Å².